The van der Waals surface area contributed by atoms with Gasteiger partial charge in [0, 0.05) is 19.0 Å². The fourth-order valence-electron chi connectivity index (χ4n) is 3.06. The van der Waals surface area contributed by atoms with E-state index in [0.29, 0.717) is 18.0 Å². The highest BCUT2D eigenvalue weighted by Crippen LogP contribution is 2.36. The maximum atomic E-state index is 13.0. The van der Waals surface area contributed by atoms with Crippen LogP contribution in [-0.2, 0) is 16.4 Å². The van der Waals surface area contributed by atoms with E-state index < -0.39 is 10.0 Å². The van der Waals surface area contributed by atoms with Gasteiger partial charge >= 0.3 is 0 Å². The molecule has 24 heavy (non-hydrogen) atoms. The zero-order chi connectivity index (χ0) is 17.2. The molecule has 1 aromatic heterocycles. The van der Waals surface area contributed by atoms with Crippen molar-refractivity contribution in [2.75, 3.05) is 13.7 Å². The van der Waals surface area contributed by atoms with Crippen molar-refractivity contribution >= 4 is 10.0 Å². The van der Waals surface area contributed by atoms with Gasteiger partial charge in [-0.3, -0.25) is 0 Å². The number of methoxy groups -OCH3 is 1. The Balaban J connectivity index is 1.87. The summed E-state index contributed by atoms with van der Waals surface area (Å²) in [6, 6.07) is 8.10. The molecule has 1 aliphatic heterocycles. The summed E-state index contributed by atoms with van der Waals surface area (Å²) < 4.78 is 37.9. The van der Waals surface area contributed by atoms with E-state index >= 15 is 0 Å². The Morgan fingerprint density at radius 1 is 1.33 bits per heavy atom. The first-order chi connectivity index (χ1) is 11.6. The molecule has 6 nitrogen and oxygen atoms in total. The van der Waals surface area contributed by atoms with Gasteiger partial charge < -0.3 is 9.26 Å². The van der Waals surface area contributed by atoms with Gasteiger partial charge in [0.2, 0.25) is 10.0 Å². The van der Waals surface area contributed by atoms with Crippen LogP contribution in [0, 0.1) is 0 Å². The normalized spacial score (nSPS) is 18.8. The Bertz CT molecular complexity index is 783. The summed E-state index contributed by atoms with van der Waals surface area (Å²) in [5.41, 5.74) is 0.702. The number of nitrogens with zero attached hydrogens (tertiary/aromatic N) is 2. The van der Waals surface area contributed by atoms with Gasteiger partial charge in [0.15, 0.2) is 0 Å². The van der Waals surface area contributed by atoms with Gasteiger partial charge in [-0.1, -0.05) is 12.1 Å². The summed E-state index contributed by atoms with van der Waals surface area (Å²) >= 11 is 0. The summed E-state index contributed by atoms with van der Waals surface area (Å²) in [7, 11) is -2.01. The lowest BCUT2D eigenvalue weighted by Crippen LogP contribution is -2.30. The van der Waals surface area contributed by atoms with Crippen LogP contribution in [0.25, 0.3) is 0 Å². The lowest BCUT2D eigenvalue weighted by molar-refractivity contribution is 0.343. The van der Waals surface area contributed by atoms with Gasteiger partial charge in [-0.2, -0.15) is 4.31 Å². The highest BCUT2D eigenvalue weighted by molar-refractivity contribution is 7.89. The van der Waals surface area contributed by atoms with Crippen LogP contribution in [0.2, 0.25) is 0 Å². The highest BCUT2D eigenvalue weighted by atomic mass is 32.2. The minimum atomic E-state index is -3.57. The molecule has 7 heteroatoms. The Hall–Kier alpha value is -1.86. The molecule has 1 saturated heterocycles. The Morgan fingerprint density at radius 3 is 2.75 bits per heavy atom. The zero-order valence-electron chi connectivity index (χ0n) is 13.9. The molecule has 0 unspecified atom stereocenters. The maximum absolute atomic E-state index is 13.0. The predicted octanol–water partition coefficient (Wildman–Crippen LogP) is 3.16. The molecule has 1 aliphatic rings. The first-order valence-corrected chi connectivity index (χ1v) is 9.61. The molecule has 2 aromatic rings. The van der Waals surface area contributed by atoms with Crippen LogP contribution in [0.15, 0.2) is 39.8 Å². The molecule has 0 spiro atoms. The largest absolute Gasteiger partial charge is 0.497 e. The topological polar surface area (TPSA) is 72.6 Å². The fourth-order valence-corrected chi connectivity index (χ4v) is 4.73. The van der Waals surface area contributed by atoms with Crippen molar-refractivity contribution in [1.82, 2.24) is 9.46 Å². The van der Waals surface area contributed by atoms with E-state index in [1.165, 1.54) is 4.31 Å². The molecular formula is C17H22N2O4S. The average molecular weight is 350 g/mol. The lowest BCUT2D eigenvalue weighted by Gasteiger charge is -2.22. The number of rotatable bonds is 6. The number of hydrogen-bond donors (Lipinski definition) is 0. The van der Waals surface area contributed by atoms with Crippen molar-refractivity contribution in [3.63, 3.8) is 0 Å². The molecule has 0 bridgehead atoms. The summed E-state index contributed by atoms with van der Waals surface area (Å²) in [6.07, 6.45) is 3.35. The van der Waals surface area contributed by atoms with E-state index in [2.05, 4.69) is 12.1 Å². The molecule has 3 rings (SSSR count). The maximum Gasteiger partial charge on any atom is 0.243 e. The van der Waals surface area contributed by atoms with Crippen LogP contribution in [-0.4, -0.2) is 31.5 Å². The van der Waals surface area contributed by atoms with Gasteiger partial charge in [-0.25, -0.2) is 8.42 Å². The zero-order valence-corrected chi connectivity index (χ0v) is 14.8. The van der Waals surface area contributed by atoms with Gasteiger partial charge in [-0.15, -0.1) is 0 Å². The van der Waals surface area contributed by atoms with Crippen LogP contribution in [0.1, 0.15) is 43.7 Å². The second-order valence-electron chi connectivity index (χ2n) is 5.92. The van der Waals surface area contributed by atoms with Gasteiger partial charge in [0.1, 0.15) is 17.2 Å². The summed E-state index contributed by atoms with van der Waals surface area (Å²) in [4.78, 5) is 0.271. The minimum absolute atomic E-state index is 0.258. The highest BCUT2D eigenvalue weighted by Gasteiger charge is 2.37. The van der Waals surface area contributed by atoms with Gasteiger partial charge in [0.05, 0.1) is 18.0 Å². The smallest absolute Gasteiger partial charge is 0.243 e. The predicted molar refractivity (Wildman–Crippen MR) is 89.4 cm³/mol. The molecule has 0 amide bonds. The first-order valence-electron chi connectivity index (χ1n) is 8.17. The van der Waals surface area contributed by atoms with E-state index in [1.807, 2.05) is 6.07 Å². The molecule has 1 fully saturated rings. The van der Waals surface area contributed by atoms with E-state index in [0.717, 1.165) is 31.4 Å². The molecule has 0 N–H and O–H groups in total. The van der Waals surface area contributed by atoms with E-state index in [4.69, 9.17) is 9.26 Å². The van der Waals surface area contributed by atoms with Crippen molar-refractivity contribution in [3.8, 4) is 5.75 Å². The minimum Gasteiger partial charge on any atom is -0.497 e. The van der Waals surface area contributed by atoms with Gasteiger partial charge in [0.25, 0.3) is 0 Å². The third-order valence-corrected chi connectivity index (χ3v) is 6.21. The third kappa shape index (κ3) is 3.18. The standard InChI is InChI=1S/C17H22N2O4S/c1-3-5-14-12-16(18-23-14)17-6-4-11-19(17)24(20,21)15-9-7-13(22-2)8-10-15/h7-10,12,17H,3-6,11H2,1-2H3/t17-/m1/s1. The fraction of sp³-hybridized carbons (Fsp3) is 0.471. The Labute approximate surface area is 142 Å². The van der Waals surface area contributed by atoms with Crippen LogP contribution in [0.3, 0.4) is 0 Å². The number of sulfonamides is 1. The van der Waals surface area contributed by atoms with Crippen molar-refractivity contribution < 1.29 is 17.7 Å². The van der Waals surface area contributed by atoms with E-state index in [-0.39, 0.29) is 10.9 Å². The number of aryl methyl sites for hydroxylation is 1. The second-order valence-corrected chi connectivity index (χ2v) is 7.81. The third-order valence-electron chi connectivity index (χ3n) is 4.28. The molecule has 0 aliphatic carbocycles. The van der Waals surface area contributed by atoms with Crippen LogP contribution >= 0.6 is 0 Å². The molecule has 1 aromatic carbocycles. The summed E-state index contributed by atoms with van der Waals surface area (Å²) in [6.45, 7) is 2.56. The molecule has 1 atom stereocenters. The van der Waals surface area contributed by atoms with Crippen molar-refractivity contribution in [2.45, 2.75) is 43.5 Å². The molecule has 130 valence electrons. The monoisotopic (exact) mass is 350 g/mol. The summed E-state index contributed by atoms with van der Waals surface area (Å²) in [5.74, 6) is 1.44. The van der Waals surface area contributed by atoms with E-state index in [1.54, 1.807) is 31.4 Å². The van der Waals surface area contributed by atoms with Gasteiger partial charge in [-0.05, 0) is 43.5 Å². The molecule has 0 saturated carbocycles. The lowest BCUT2D eigenvalue weighted by atomic mass is 10.1. The quantitative estimate of drug-likeness (QED) is 0.800. The van der Waals surface area contributed by atoms with Crippen LogP contribution in [0.4, 0.5) is 0 Å². The van der Waals surface area contributed by atoms with Crippen molar-refractivity contribution in [2.24, 2.45) is 0 Å². The number of hydrogen-bond acceptors (Lipinski definition) is 5. The number of benzene rings is 1. The SMILES string of the molecule is CCCc1cc([C@H]2CCCN2S(=O)(=O)c2ccc(OC)cc2)no1. The number of ether oxygens (including phenoxy) is 1. The summed E-state index contributed by atoms with van der Waals surface area (Å²) in [5, 5.41) is 4.10. The number of aromatic nitrogens is 1. The first kappa shape index (κ1) is 17.0. The average Bonchev–Trinajstić information content (AvgIpc) is 3.24. The van der Waals surface area contributed by atoms with Crippen LogP contribution < -0.4 is 4.74 Å². The van der Waals surface area contributed by atoms with Crippen molar-refractivity contribution in [1.29, 1.82) is 0 Å². The Morgan fingerprint density at radius 2 is 2.08 bits per heavy atom. The molecule has 2 heterocycles. The van der Waals surface area contributed by atoms with E-state index in [9.17, 15) is 8.42 Å². The van der Waals surface area contributed by atoms with Crippen LogP contribution in [0.5, 0.6) is 5.75 Å². The Kier molecular flexibility index (Phi) is 4.91. The van der Waals surface area contributed by atoms with Crippen molar-refractivity contribution in [3.05, 3.63) is 41.8 Å². The molecule has 0 radical (unpaired) electrons. The molecular weight excluding hydrogens is 328 g/mol. The second kappa shape index (κ2) is 6.94.